The number of carbonyl (C=O) groups excluding carboxylic acids is 2. The highest BCUT2D eigenvalue weighted by molar-refractivity contribution is 9.10. The van der Waals surface area contributed by atoms with Crippen molar-refractivity contribution >= 4 is 44.8 Å². The van der Waals surface area contributed by atoms with E-state index in [0.29, 0.717) is 10.9 Å². The SMILES string of the molecule is O=C(COC(=O)CCc1ccsc1)Nc1ccc(Br)cc1F. The molecular weight excluding hydrogens is 373 g/mol. The summed E-state index contributed by atoms with van der Waals surface area (Å²) in [6.07, 6.45) is 0.780. The number of hydrogen-bond acceptors (Lipinski definition) is 4. The molecule has 0 unspecified atom stereocenters. The Morgan fingerprint density at radius 2 is 2.14 bits per heavy atom. The highest BCUT2D eigenvalue weighted by atomic mass is 79.9. The van der Waals surface area contributed by atoms with Gasteiger partial charge in [0.05, 0.1) is 5.69 Å². The van der Waals surface area contributed by atoms with E-state index in [9.17, 15) is 14.0 Å². The molecule has 0 aliphatic rings. The summed E-state index contributed by atoms with van der Waals surface area (Å²) in [6.45, 7) is -0.433. The van der Waals surface area contributed by atoms with E-state index in [1.54, 1.807) is 17.4 Å². The van der Waals surface area contributed by atoms with Gasteiger partial charge >= 0.3 is 5.97 Å². The van der Waals surface area contributed by atoms with E-state index in [0.717, 1.165) is 5.56 Å². The second-order valence-corrected chi connectivity index (χ2v) is 6.16. The second kappa shape index (κ2) is 8.05. The molecule has 0 spiro atoms. The summed E-state index contributed by atoms with van der Waals surface area (Å²) in [5.74, 6) is -1.60. The van der Waals surface area contributed by atoms with Crippen LogP contribution in [0.3, 0.4) is 0 Å². The van der Waals surface area contributed by atoms with Gasteiger partial charge in [-0.2, -0.15) is 11.3 Å². The van der Waals surface area contributed by atoms with Crippen molar-refractivity contribution in [1.82, 2.24) is 0 Å². The normalized spacial score (nSPS) is 10.3. The first-order valence-corrected chi connectivity index (χ1v) is 8.20. The monoisotopic (exact) mass is 385 g/mol. The molecule has 22 heavy (non-hydrogen) atoms. The first-order valence-electron chi connectivity index (χ1n) is 6.46. The zero-order valence-corrected chi connectivity index (χ0v) is 13.9. The van der Waals surface area contributed by atoms with E-state index in [1.165, 1.54) is 12.1 Å². The molecule has 1 amide bonds. The fourth-order valence-corrected chi connectivity index (χ4v) is 2.71. The lowest BCUT2D eigenvalue weighted by Crippen LogP contribution is -2.21. The summed E-state index contributed by atoms with van der Waals surface area (Å²) in [7, 11) is 0. The molecule has 1 N–H and O–H groups in total. The fourth-order valence-electron chi connectivity index (χ4n) is 1.68. The number of halogens is 2. The molecule has 0 fully saturated rings. The Kier molecular flexibility index (Phi) is 6.09. The second-order valence-electron chi connectivity index (χ2n) is 4.46. The Labute approximate surface area is 139 Å². The summed E-state index contributed by atoms with van der Waals surface area (Å²) in [5, 5.41) is 6.24. The van der Waals surface area contributed by atoms with Crippen LogP contribution < -0.4 is 5.32 Å². The van der Waals surface area contributed by atoms with Crippen LogP contribution in [0, 0.1) is 5.82 Å². The lowest BCUT2D eigenvalue weighted by Gasteiger charge is -2.07. The molecule has 2 aromatic rings. The van der Waals surface area contributed by atoms with Crippen LogP contribution in [0.25, 0.3) is 0 Å². The molecule has 4 nitrogen and oxygen atoms in total. The van der Waals surface area contributed by atoms with E-state index in [2.05, 4.69) is 21.2 Å². The van der Waals surface area contributed by atoms with E-state index in [4.69, 9.17) is 4.74 Å². The van der Waals surface area contributed by atoms with Crippen LogP contribution in [0.5, 0.6) is 0 Å². The molecule has 0 aliphatic carbocycles. The third kappa shape index (κ3) is 5.23. The van der Waals surface area contributed by atoms with Crippen molar-refractivity contribution in [2.24, 2.45) is 0 Å². The maximum atomic E-state index is 13.5. The molecule has 0 saturated carbocycles. The van der Waals surface area contributed by atoms with Crippen LogP contribution in [0.1, 0.15) is 12.0 Å². The molecule has 7 heteroatoms. The van der Waals surface area contributed by atoms with Gasteiger partial charge in [0.1, 0.15) is 5.82 Å². The third-order valence-corrected chi connectivity index (χ3v) is 3.99. The van der Waals surface area contributed by atoms with Gasteiger partial charge in [0.25, 0.3) is 5.91 Å². The van der Waals surface area contributed by atoms with E-state index < -0.39 is 24.3 Å². The van der Waals surface area contributed by atoms with Gasteiger partial charge in [0, 0.05) is 10.9 Å². The Morgan fingerprint density at radius 3 is 2.82 bits per heavy atom. The molecule has 0 bridgehead atoms. The summed E-state index contributed by atoms with van der Waals surface area (Å²) in [4.78, 5) is 23.1. The maximum Gasteiger partial charge on any atom is 0.306 e. The van der Waals surface area contributed by atoms with E-state index in [-0.39, 0.29) is 12.1 Å². The van der Waals surface area contributed by atoms with Gasteiger partial charge in [-0.3, -0.25) is 9.59 Å². The predicted octanol–water partition coefficient (Wildman–Crippen LogP) is 3.76. The third-order valence-electron chi connectivity index (χ3n) is 2.77. The molecule has 2 rings (SSSR count). The number of thiophene rings is 1. The fraction of sp³-hybridized carbons (Fsp3) is 0.200. The highest BCUT2D eigenvalue weighted by Gasteiger charge is 2.10. The minimum atomic E-state index is -0.579. The largest absolute Gasteiger partial charge is 0.456 e. The van der Waals surface area contributed by atoms with Crippen LogP contribution in [0.2, 0.25) is 0 Å². The summed E-state index contributed by atoms with van der Waals surface area (Å²) >= 11 is 4.68. The molecule has 0 aliphatic heterocycles. The van der Waals surface area contributed by atoms with Gasteiger partial charge in [-0.15, -0.1) is 0 Å². The number of amides is 1. The van der Waals surface area contributed by atoms with Crippen molar-refractivity contribution in [1.29, 1.82) is 0 Å². The Hall–Kier alpha value is -1.73. The zero-order chi connectivity index (χ0) is 15.9. The molecule has 116 valence electrons. The average Bonchev–Trinajstić information content (AvgIpc) is 2.99. The highest BCUT2D eigenvalue weighted by Crippen LogP contribution is 2.19. The summed E-state index contributed by atoms with van der Waals surface area (Å²) in [5.41, 5.74) is 1.10. The molecule has 1 aromatic heterocycles. The zero-order valence-electron chi connectivity index (χ0n) is 11.5. The lowest BCUT2D eigenvalue weighted by molar-refractivity contribution is -0.147. The van der Waals surface area contributed by atoms with Gasteiger partial charge in [-0.25, -0.2) is 4.39 Å². The number of ether oxygens (including phenoxy) is 1. The number of nitrogens with one attached hydrogen (secondary N) is 1. The molecule has 0 saturated heterocycles. The van der Waals surface area contributed by atoms with Gasteiger partial charge in [-0.1, -0.05) is 15.9 Å². The van der Waals surface area contributed by atoms with Crippen LogP contribution in [-0.2, 0) is 20.7 Å². The predicted molar refractivity (Wildman–Crippen MR) is 86.3 cm³/mol. The number of anilines is 1. The molecule has 1 aromatic carbocycles. The van der Waals surface area contributed by atoms with Crippen LogP contribution in [-0.4, -0.2) is 18.5 Å². The van der Waals surface area contributed by atoms with Crippen molar-refractivity contribution in [2.75, 3.05) is 11.9 Å². The molecular formula is C15H13BrFNO3S. The Bertz CT molecular complexity index is 661. The standard InChI is InChI=1S/C15H13BrFNO3S/c16-11-2-3-13(12(17)7-11)18-14(19)8-21-15(20)4-1-10-5-6-22-9-10/h2-3,5-7,9H,1,4,8H2,(H,18,19). The van der Waals surface area contributed by atoms with E-state index >= 15 is 0 Å². The van der Waals surface area contributed by atoms with Gasteiger partial charge in [0.15, 0.2) is 6.61 Å². The first-order chi connectivity index (χ1) is 10.5. The minimum Gasteiger partial charge on any atom is -0.456 e. The quantitative estimate of drug-likeness (QED) is 0.770. The van der Waals surface area contributed by atoms with Gasteiger partial charge in [0.2, 0.25) is 0 Å². The Balaban J connectivity index is 1.74. The van der Waals surface area contributed by atoms with Crippen molar-refractivity contribution < 1.29 is 18.7 Å². The van der Waals surface area contributed by atoms with Crippen molar-refractivity contribution in [3.63, 3.8) is 0 Å². The van der Waals surface area contributed by atoms with Crippen LogP contribution in [0.4, 0.5) is 10.1 Å². The van der Waals surface area contributed by atoms with E-state index in [1.807, 2.05) is 16.8 Å². The van der Waals surface area contributed by atoms with Gasteiger partial charge < -0.3 is 10.1 Å². The van der Waals surface area contributed by atoms with Gasteiger partial charge in [-0.05, 0) is 47.0 Å². The summed E-state index contributed by atoms with van der Waals surface area (Å²) in [6, 6.07) is 6.20. The minimum absolute atomic E-state index is 0.0440. The van der Waals surface area contributed by atoms with Crippen LogP contribution in [0.15, 0.2) is 39.5 Å². The lowest BCUT2D eigenvalue weighted by atomic mass is 10.2. The number of benzene rings is 1. The Morgan fingerprint density at radius 1 is 1.32 bits per heavy atom. The topological polar surface area (TPSA) is 55.4 Å². The summed E-state index contributed by atoms with van der Waals surface area (Å²) < 4.78 is 19.0. The van der Waals surface area contributed by atoms with Crippen LogP contribution >= 0.6 is 27.3 Å². The number of rotatable bonds is 6. The first kappa shape index (κ1) is 16.6. The average molecular weight is 386 g/mol. The molecule has 0 atom stereocenters. The number of carbonyl (C=O) groups is 2. The molecule has 0 radical (unpaired) electrons. The van der Waals surface area contributed by atoms with Crippen molar-refractivity contribution in [2.45, 2.75) is 12.8 Å². The smallest absolute Gasteiger partial charge is 0.306 e. The molecule has 1 heterocycles. The van der Waals surface area contributed by atoms with Crippen molar-refractivity contribution in [3.8, 4) is 0 Å². The maximum absolute atomic E-state index is 13.5. The number of hydrogen-bond donors (Lipinski definition) is 1. The van der Waals surface area contributed by atoms with Crippen molar-refractivity contribution in [3.05, 3.63) is 50.9 Å². The number of esters is 1. The number of aryl methyl sites for hydroxylation is 1.